The van der Waals surface area contributed by atoms with E-state index >= 15 is 4.79 Å². The zero-order valence-corrected chi connectivity index (χ0v) is 45.6. The Bertz CT molecular complexity index is 2150. The van der Waals surface area contributed by atoms with Crippen molar-refractivity contribution in [1.82, 2.24) is 0 Å². The third-order valence-electron chi connectivity index (χ3n) is 21.5. The monoisotopic (exact) mass is 1120 g/mol. The molecular weight excluding hydrogens is 1030 g/mol. The molecule has 9 aliphatic rings. The minimum Gasteiger partial charge on any atom is -0.432 e. The molecule has 30 atom stereocenters. The molecule has 8 fully saturated rings. The largest absolute Gasteiger partial charge is 0.432 e. The molecule has 24 nitrogen and oxygen atoms in total. The molecule has 0 spiro atoms. The molecule has 0 aromatic heterocycles. The normalized spacial score (nSPS) is 55.1. The van der Waals surface area contributed by atoms with Gasteiger partial charge in [-0.2, -0.15) is 0 Å². The van der Waals surface area contributed by atoms with E-state index in [0.717, 1.165) is 5.57 Å². The number of carbonyl (C=O) groups excluding carboxylic acids is 1. The lowest BCUT2D eigenvalue weighted by Crippen LogP contribution is -2.69. The van der Waals surface area contributed by atoms with Crippen molar-refractivity contribution in [2.24, 2.45) is 50.2 Å². The summed E-state index contributed by atoms with van der Waals surface area (Å²) in [5, 5.41) is 162. The van der Waals surface area contributed by atoms with Crippen LogP contribution in [0, 0.1) is 50.2 Å². The summed E-state index contributed by atoms with van der Waals surface area (Å²) in [4.78, 5) is 15.6. The van der Waals surface area contributed by atoms with E-state index in [2.05, 4.69) is 40.7 Å². The standard InChI is InChI=1S/C54H88O24/c1-22-31(59)35(63)40(68)45(72-22)76-42-38(66)34(62)28(20-71-44-39(67)36(64)32(60)26(18-55)73-44)75-47(42)78-48(70)54-14-12-49(2,3)16-24(54)23-8-9-30-50(4)17-25(58)43(77-46-41(69)37(65)33(61)27(19-56)74-46)51(5,21-57)29(50)10-11-53(30,7)52(23,6)13-15-54/h8,22,24-47,55-69H,9-21H2,1-7H3/t22-,24-,25-,26+,27+,28+,29+,30+,31-,32+,33+,34+,35+,36-,37-,38-,39+,40+,41+,42+,43+,44+,45-,46-,47-,50-,51-,52+,53+,54-/m0/s1. The van der Waals surface area contributed by atoms with Gasteiger partial charge >= 0.3 is 5.97 Å². The second-order valence-electron chi connectivity index (χ2n) is 26.3. The summed E-state index contributed by atoms with van der Waals surface area (Å²) in [5.41, 5.74) is -2.91. The van der Waals surface area contributed by atoms with Crippen molar-refractivity contribution < 1.29 is 119 Å². The minimum absolute atomic E-state index is 0.0504. The molecule has 0 amide bonds. The number of ether oxygens (including phenoxy) is 8. The first kappa shape index (κ1) is 60.9. The SMILES string of the molecule is C[C@@H]1O[C@@H](O[C@H]2[C@H](OC(=O)[C@]34CCC(C)(C)C[C@H]3C3=CC[C@@H]5[C@@]6(C)C[C@H](O)[C@@H](O[C@@H]7O[C@H](CO)[C@@H](O)[C@H](O)[C@H]7O)[C@@](C)(CO)[C@@H]6CC[C@@]5(C)[C@]3(C)CC4)O[C@H](CO[C@@H]3O[C@H](CO)[C@@H](O)[C@H](O)[C@H]3O)[C@@H](O)[C@@H]2O)[C@H](O)[C@H](O)[C@H]1O. The fourth-order valence-electron chi connectivity index (χ4n) is 16.5. The highest BCUT2D eigenvalue weighted by Gasteiger charge is 2.72. The summed E-state index contributed by atoms with van der Waals surface area (Å²) in [6, 6.07) is 0. The smallest absolute Gasteiger partial charge is 0.315 e. The zero-order chi connectivity index (χ0) is 57.1. The van der Waals surface area contributed by atoms with Gasteiger partial charge in [0.15, 0.2) is 25.0 Å². The Hall–Kier alpha value is -1.67. The lowest BCUT2D eigenvalue weighted by atomic mass is 9.33. The van der Waals surface area contributed by atoms with Crippen LogP contribution in [0.15, 0.2) is 11.6 Å². The van der Waals surface area contributed by atoms with E-state index in [4.69, 9.17) is 37.9 Å². The predicted molar refractivity (Wildman–Crippen MR) is 264 cm³/mol. The maximum absolute atomic E-state index is 15.6. The maximum atomic E-state index is 15.6. The van der Waals surface area contributed by atoms with Crippen LogP contribution in [0.25, 0.3) is 0 Å². The highest BCUT2D eigenvalue weighted by Crippen LogP contribution is 2.76. The fourth-order valence-corrected chi connectivity index (χ4v) is 16.5. The molecule has 0 bridgehead atoms. The Morgan fingerprint density at radius 1 is 0.590 bits per heavy atom. The second kappa shape index (κ2) is 22.1. The number of hydrogen-bond acceptors (Lipinski definition) is 24. The van der Waals surface area contributed by atoms with E-state index in [-0.39, 0.29) is 29.6 Å². The maximum Gasteiger partial charge on any atom is 0.315 e. The van der Waals surface area contributed by atoms with Crippen LogP contribution in [0.2, 0.25) is 0 Å². The summed E-state index contributed by atoms with van der Waals surface area (Å²) in [5.74, 6) is -1.33. The molecule has 448 valence electrons. The van der Waals surface area contributed by atoms with E-state index in [9.17, 15) is 76.6 Å². The first-order valence-electron chi connectivity index (χ1n) is 27.9. The van der Waals surface area contributed by atoms with Gasteiger partial charge in [0, 0.05) is 5.41 Å². The summed E-state index contributed by atoms with van der Waals surface area (Å²) in [7, 11) is 0. The van der Waals surface area contributed by atoms with Gasteiger partial charge in [-0.1, -0.05) is 53.2 Å². The van der Waals surface area contributed by atoms with E-state index in [1.54, 1.807) is 0 Å². The molecule has 24 heteroatoms. The second-order valence-corrected chi connectivity index (χ2v) is 26.3. The van der Waals surface area contributed by atoms with Gasteiger partial charge in [0.2, 0.25) is 6.29 Å². The number of carbonyl (C=O) groups is 1. The van der Waals surface area contributed by atoms with E-state index in [0.29, 0.717) is 51.4 Å². The number of hydrogen-bond donors (Lipinski definition) is 15. The first-order chi connectivity index (χ1) is 36.5. The number of allylic oxidation sites excluding steroid dienone is 2. The van der Waals surface area contributed by atoms with Crippen molar-refractivity contribution in [3.63, 3.8) is 0 Å². The van der Waals surface area contributed by atoms with E-state index in [1.165, 1.54) is 6.92 Å². The van der Waals surface area contributed by atoms with Crippen LogP contribution in [0.1, 0.15) is 106 Å². The molecule has 0 aromatic carbocycles. The van der Waals surface area contributed by atoms with Gasteiger partial charge in [-0.05, 0) is 104 Å². The van der Waals surface area contributed by atoms with E-state index in [1.807, 2.05) is 6.92 Å². The number of rotatable bonds is 12. The Kier molecular flexibility index (Phi) is 17.2. The summed E-state index contributed by atoms with van der Waals surface area (Å²) in [6.07, 6.45) is -28.4. The average molecular weight is 1120 g/mol. The quantitative estimate of drug-likeness (QED) is 0.0524. The molecule has 4 heterocycles. The third kappa shape index (κ3) is 9.76. The minimum atomic E-state index is -1.96. The number of aliphatic hydroxyl groups excluding tert-OH is 15. The molecule has 0 aromatic rings. The Balaban J connectivity index is 1.00. The highest BCUT2D eigenvalue weighted by molar-refractivity contribution is 5.79. The van der Waals surface area contributed by atoms with Gasteiger partial charge in [-0.15, -0.1) is 0 Å². The predicted octanol–water partition coefficient (Wildman–Crippen LogP) is -3.06. The molecule has 4 aliphatic heterocycles. The Morgan fingerprint density at radius 2 is 1.14 bits per heavy atom. The molecule has 0 radical (unpaired) electrons. The number of aliphatic hydroxyl groups is 15. The van der Waals surface area contributed by atoms with Gasteiger partial charge < -0.3 is 114 Å². The van der Waals surface area contributed by atoms with E-state index < -0.39 is 195 Å². The van der Waals surface area contributed by atoms with Crippen LogP contribution < -0.4 is 0 Å². The zero-order valence-electron chi connectivity index (χ0n) is 45.6. The van der Waals surface area contributed by atoms with Crippen molar-refractivity contribution in [1.29, 1.82) is 0 Å². The molecule has 78 heavy (non-hydrogen) atoms. The molecule has 4 saturated heterocycles. The van der Waals surface area contributed by atoms with Crippen LogP contribution in [-0.4, -0.2) is 244 Å². The topological polar surface area (TPSA) is 394 Å². The Morgan fingerprint density at radius 3 is 1.76 bits per heavy atom. The molecule has 15 N–H and O–H groups in total. The summed E-state index contributed by atoms with van der Waals surface area (Å²) >= 11 is 0. The molecule has 9 rings (SSSR count). The highest BCUT2D eigenvalue weighted by atomic mass is 16.8. The van der Waals surface area contributed by atoms with Gasteiger partial charge in [0.05, 0.1) is 50.2 Å². The van der Waals surface area contributed by atoms with Gasteiger partial charge in [-0.25, -0.2) is 0 Å². The van der Waals surface area contributed by atoms with Crippen molar-refractivity contribution in [2.45, 2.75) is 241 Å². The molecular formula is C54H88O24. The average Bonchev–Trinajstić information content (AvgIpc) is 2.94. The van der Waals surface area contributed by atoms with Crippen LogP contribution in [0.5, 0.6) is 0 Å². The number of fused-ring (bicyclic) bond motifs is 7. The molecule has 5 aliphatic carbocycles. The summed E-state index contributed by atoms with van der Waals surface area (Å²) in [6.45, 7) is 11.8. The summed E-state index contributed by atoms with van der Waals surface area (Å²) < 4.78 is 47.7. The lowest BCUT2D eigenvalue weighted by molar-refractivity contribution is -0.366. The van der Waals surface area contributed by atoms with Crippen LogP contribution in [0.3, 0.4) is 0 Å². The van der Waals surface area contributed by atoms with Crippen molar-refractivity contribution in [2.75, 3.05) is 26.4 Å². The molecule has 0 unspecified atom stereocenters. The van der Waals surface area contributed by atoms with Crippen LogP contribution in [0.4, 0.5) is 0 Å². The van der Waals surface area contributed by atoms with Crippen molar-refractivity contribution in [3.05, 3.63) is 11.6 Å². The number of esters is 1. The Labute approximate surface area is 453 Å². The van der Waals surface area contributed by atoms with Crippen LogP contribution >= 0.6 is 0 Å². The molecule has 4 saturated carbocycles. The van der Waals surface area contributed by atoms with Gasteiger partial charge in [0.25, 0.3) is 0 Å². The lowest BCUT2D eigenvalue weighted by Gasteiger charge is -2.72. The third-order valence-corrected chi connectivity index (χ3v) is 21.5. The fraction of sp³-hybridized carbons (Fsp3) is 0.944. The first-order valence-corrected chi connectivity index (χ1v) is 27.9. The van der Waals surface area contributed by atoms with Gasteiger partial charge in [-0.3, -0.25) is 4.79 Å². The van der Waals surface area contributed by atoms with Crippen molar-refractivity contribution >= 4 is 5.97 Å². The van der Waals surface area contributed by atoms with Crippen LogP contribution in [-0.2, 0) is 42.7 Å². The van der Waals surface area contributed by atoms with Gasteiger partial charge in [0.1, 0.15) is 85.5 Å². The van der Waals surface area contributed by atoms with Crippen molar-refractivity contribution in [3.8, 4) is 0 Å².